The fraction of sp³-hybridized carbons (Fsp3) is 0.167. The maximum atomic E-state index is 11.2. The Morgan fingerprint density at radius 2 is 1.93 bits per heavy atom. The van der Waals surface area contributed by atoms with Gasteiger partial charge in [-0.2, -0.15) is 0 Å². The lowest BCUT2D eigenvalue weighted by Gasteiger charge is -2.15. The van der Waals surface area contributed by atoms with Crippen molar-refractivity contribution in [1.82, 2.24) is 19.9 Å². The molecule has 0 N–H and O–H groups in total. The summed E-state index contributed by atoms with van der Waals surface area (Å²) in [6.45, 7) is 1.51. The monoisotopic (exact) mass is 396 g/mol. The summed E-state index contributed by atoms with van der Waals surface area (Å²) < 4.78 is 5.80. The fourth-order valence-electron chi connectivity index (χ4n) is 3.99. The molecule has 1 saturated heterocycles. The number of rotatable bonds is 5. The van der Waals surface area contributed by atoms with Crippen molar-refractivity contribution in [2.75, 3.05) is 13.1 Å². The van der Waals surface area contributed by atoms with E-state index in [-0.39, 0.29) is 5.92 Å². The Balaban J connectivity index is 1.49. The van der Waals surface area contributed by atoms with E-state index >= 15 is 0 Å². The molecule has 6 nitrogen and oxygen atoms in total. The molecule has 4 aromatic rings. The first-order chi connectivity index (χ1) is 14.8. The first-order valence-corrected chi connectivity index (χ1v) is 9.92. The summed E-state index contributed by atoms with van der Waals surface area (Å²) in [5, 5.41) is 1.00. The number of carbonyl (C=O) groups excluding carboxylic acids is 1. The molecule has 2 aromatic carbocycles. The fourth-order valence-corrected chi connectivity index (χ4v) is 3.99. The molecule has 30 heavy (non-hydrogen) atoms. The van der Waals surface area contributed by atoms with Gasteiger partial charge in [-0.3, -0.25) is 4.79 Å². The van der Waals surface area contributed by atoms with Crippen molar-refractivity contribution in [2.45, 2.75) is 12.3 Å². The number of likely N-dealkylation sites (tertiary alicyclic amines) is 1. The van der Waals surface area contributed by atoms with E-state index in [2.05, 4.69) is 27.1 Å². The molecule has 0 radical (unpaired) electrons. The third-order valence-electron chi connectivity index (χ3n) is 5.49. The summed E-state index contributed by atoms with van der Waals surface area (Å²) in [4.78, 5) is 25.9. The van der Waals surface area contributed by atoms with Gasteiger partial charge in [0.25, 0.3) is 0 Å². The van der Waals surface area contributed by atoms with Gasteiger partial charge in [0.15, 0.2) is 0 Å². The third-order valence-corrected chi connectivity index (χ3v) is 5.49. The molecule has 3 heterocycles. The molecule has 0 bridgehead atoms. The van der Waals surface area contributed by atoms with E-state index in [0.717, 1.165) is 53.7 Å². The van der Waals surface area contributed by atoms with Gasteiger partial charge >= 0.3 is 0 Å². The number of ether oxygens (including phenoxy) is 1. The third kappa shape index (κ3) is 3.59. The van der Waals surface area contributed by atoms with E-state index in [1.165, 1.54) is 5.56 Å². The highest BCUT2D eigenvalue weighted by Gasteiger charge is 2.25. The number of benzene rings is 2. The number of aromatic nitrogens is 3. The smallest absolute Gasteiger partial charge is 0.219 e. The zero-order valence-electron chi connectivity index (χ0n) is 16.3. The number of nitrogens with zero attached hydrogens (tertiary/aromatic N) is 4. The average Bonchev–Trinajstić information content (AvgIpc) is 3.29. The highest BCUT2D eigenvalue weighted by atomic mass is 16.5. The highest BCUT2D eigenvalue weighted by molar-refractivity contribution is 5.87. The number of pyridine rings is 1. The second kappa shape index (κ2) is 7.91. The molecule has 1 amide bonds. The van der Waals surface area contributed by atoms with Crippen LogP contribution >= 0.6 is 0 Å². The van der Waals surface area contributed by atoms with Gasteiger partial charge in [0.1, 0.15) is 12.1 Å². The number of hydrogen-bond acceptors (Lipinski definition) is 5. The molecular formula is C24H20N4O2. The normalized spacial score (nSPS) is 16.0. The van der Waals surface area contributed by atoms with Crippen molar-refractivity contribution in [3.8, 4) is 22.8 Å². The van der Waals surface area contributed by atoms with Crippen molar-refractivity contribution in [3.63, 3.8) is 0 Å². The minimum absolute atomic E-state index is 0.277. The first kappa shape index (κ1) is 18.2. The van der Waals surface area contributed by atoms with Crippen LogP contribution in [0, 0.1) is 0 Å². The topological polar surface area (TPSA) is 68.2 Å². The molecular weight excluding hydrogens is 376 g/mol. The van der Waals surface area contributed by atoms with Gasteiger partial charge in [-0.25, -0.2) is 15.0 Å². The van der Waals surface area contributed by atoms with Crippen LogP contribution in [0.25, 0.3) is 22.0 Å². The maximum Gasteiger partial charge on any atom is 0.219 e. The van der Waals surface area contributed by atoms with Gasteiger partial charge in [0.05, 0.1) is 5.52 Å². The summed E-state index contributed by atoms with van der Waals surface area (Å²) in [6, 6.07) is 17.9. The van der Waals surface area contributed by atoms with Crippen LogP contribution < -0.4 is 4.74 Å². The molecule has 1 aliphatic heterocycles. The SMILES string of the molecule is O=CN1CCC(c2cc(-c3ccc(Oc4ccccn4)cc3)cc3cncnc23)C1. The minimum atomic E-state index is 0.277. The number of amides is 1. The van der Waals surface area contributed by atoms with Gasteiger partial charge in [0, 0.05) is 42.9 Å². The lowest BCUT2D eigenvalue weighted by molar-refractivity contribution is -0.117. The van der Waals surface area contributed by atoms with Crippen LogP contribution in [-0.2, 0) is 4.79 Å². The van der Waals surface area contributed by atoms with E-state index in [9.17, 15) is 4.79 Å². The van der Waals surface area contributed by atoms with Gasteiger partial charge in [-0.1, -0.05) is 18.2 Å². The van der Waals surface area contributed by atoms with Crippen molar-refractivity contribution in [3.05, 3.63) is 78.9 Å². The summed E-state index contributed by atoms with van der Waals surface area (Å²) >= 11 is 0. The van der Waals surface area contributed by atoms with E-state index in [1.54, 1.807) is 12.5 Å². The molecule has 6 heteroatoms. The lowest BCUT2D eigenvalue weighted by Crippen LogP contribution is -2.17. The van der Waals surface area contributed by atoms with Crippen LogP contribution in [0.5, 0.6) is 11.6 Å². The lowest BCUT2D eigenvalue weighted by atomic mass is 9.92. The van der Waals surface area contributed by atoms with Crippen LogP contribution in [0.4, 0.5) is 0 Å². The largest absolute Gasteiger partial charge is 0.439 e. The van der Waals surface area contributed by atoms with Crippen molar-refractivity contribution in [1.29, 1.82) is 0 Å². The van der Waals surface area contributed by atoms with E-state index in [0.29, 0.717) is 5.88 Å². The summed E-state index contributed by atoms with van der Waals surface area (Å²) in [5.74, 6) is 1.58. The second-order valence-electron chi connectivity index (χ2n) is 7.41. The van der Waals surface area contributed by atoms with Crippen molar-refractivity contribution < 1.29 is 9.53 Å². The molecule has 0 aliphatic carbocycles. The zero-order valence-corrected chi connectivity index (χ0v) is 16.3. The van der Waals surface area contributed by atoms with E-state index in [4.69, 9.17) is 4.74 Å². The molecule has 1 fully saturated rings. The highest BCUT2D eigenvalue weighted by Crippen LogP contribution is 2.35. The Hall–Kier alpha value is -3.80. The second-order valence-corrected chi connectivity index (χ2v) is 7.41. The molecule has 0 saturated carbocycles. The average molecular weight is 396 g/mol. The molecule has 1 aliphatic rings. The van der Waals surface area contributed by atoms with Crippen molar-refractivity contribution in [2.24, 2.45) is 0 Å². The molecule has 1 unspecified atom stereocenters. The number of fused-ring (bicyclic) bond motifs is 1. The Morgan fingerprint density at radius 1 is 1.03 bits per heavy atom. The minimum Gasteiger partial charge on any atom is -0.439 e. The quantitative estimate of drug-likeness (QED) is 0.467. The zero-order chi connectivity index (χ0) is 20.3. The predicted octanol–water partition coefficient (Wildman–Crippen LogP) is 4.43. The number of hydrogen-bond donors (Lipinski definition) is 0. The van der Waals surface area contributed by atoms with Crippen LogP contribution in [-0.4, -0.2) is 39.4 Å². The van der Waals surface area contributed by atoms with Crippen LogP contribution in [0.3, 0.4) is 0 Å². The van der Waals surface area contributed by atoms with E-state index in [1.807, 2.05) is 53.6 Å². The predicted molar refractivity (Wildman–Crippen MR) is 114 cm³/mol. The van der Waals surface area contributed by atoms with Gasteiger partial charge in [-0.15, -0.1) is 0 Å². The molecule has 1 atom stereocenters. The van der Waals surface area contributed by atoms with E-state index < -0.39 is 0 Å². The maximum absolute atomic E-state index is 11.2. The first-order valence-electron chi connectivity index (χ1n) is 9.92. The summed E-state index contributed by atoms with van der Waals surface area (Å²) in [5.41, 5.74) is 4.31. The molecule has 0 spiro atoms. The standard InChI is InChI=1S/C24H20N4O2/c29-16-28-10-8-18(14-28)22-12-19(11-20-13-25-15-27-24(20)22)17-4-6-21(7-5-17)30-23-3-1-2-9-26-23/h1-7,9,11-13,15-16,18H,8,10,14H2. The van der Waals surface area contributed by atoms with Crippen LogP contribution in [0.2, 0.25) is 0 Å². The van der Waals surface area contributed by atoms with Crippen LogP contribution in [0.15, 0.2) is 73.3 Å². The Labute approximate surface area is 174 Å². The van der Waals surface area contributed by atoms with Crippen LogP contribution in [0.1, 0.15) is 17.9 Å². The van der Waals surface area contributed by atoms with Gasteiger partial charge in [-0.05, 0) is 53.4 Å². The molecule has 2 aromatic heterocycles. The Kier molecular flexibility index (Phi) is 4.81. The molecule has 148 valence electrons. The Morgan fingerprint density at radius 3 is 2.70 bits per heavy atom. The number of carbonyl (C=O) groups is 1. The van der Waals surface area contributed by atoms with Gasteiger partial charge in [0.2, 0.25) is 12.3 Å². The molecule has 5 rings (SSSR count). The summed E-state index contributed by atoms with van der Waals surface area (Å²) in [6.07, 6.45) is 7.01. The summed E-state index contributed by atoms with van der Waals surface area (Å²) in [7, 11) is 0. The Bertz CT molecular complexity index is 1180. The van der Waals surface area contributed by atoms with Gasteiger partial charge < -0.3 is 9.64 Å². The van der Waals surface area contributed by atoms with Crippen molar-refractivity contribution >= 4 is 17.3 Å².